The van der Waals surface area contributed by atoms with Crippen LogP contribution in [0, 0.1) is 0 Å². The van der Waals surface area contributed by atoms with E-state index in [0.29, 0.717) is 0 Å². The van der Waals surface area contributed by atoms with Gasteiger partial charge in [0, 0.05) is 33.5 Å². The quantitative estimate of drug-likeness (QED) is 0.118. The maximum absolute atomic E-state index is 2.44. The van der Waals surface area contributed by atoms with Crippen LogP contribution in [0.2, 0.25) is 0 Å². The monoisotopic (exact) mass is 1070 g/mol. The first-order valence-corrected chi connectivity index (χ1v) is 28.9. The van der Waals surface area contributed by atoms with E-state index in [2.05, 4.69) is 349 Å². The van der Waals surface area contributed by atoms with Crippen molar-refractivity contribution in [3.63, 3.8) is 0 Å². The summed E-state index contributed by atoms with van der Waals surface area (Å²) in [4.78, 5) is 2.44. The number of hydrogen-bond acceptors (Lipinski definition) is 1. The Morgan fingerprint density at radius 1 is 0.190 bits per heavy atom. The minimum Gasteiger partial charge on any atom is -0.310 e. The summed E-state index contributed by atoms with van der Waals surface area (Å²) in [6, 6.07) is 124. The molecule has 15 rings (SSSR count). The van der Waals surface area contributed by atoms with Gasteiger partial charge in [-0.15, -0.1) is 0 Å². The molecule has 0 amide bonds. The van der Waals surface area contributed by atoms with Crippen LogP contribution in [-0.4, -0.2) is 4.57 Å². The molecule has 0 aliphatic heterocycles. The highest BCUT2D eigenvalue weighted by molar-refractivity contribution is 6.11. The minimum absolute atomic E-state index is 1.04. The van der Waals surface area contributed by atoms with Gasteiger partial charge < -0.3 is 9.47 Å². The molecule has 0 bridgehead atoms. The first-order valence-electron chi connectivity index (χ1n) is 28.9. The molecule has 1 heterocycles. The summed E-state index contributed by atoms with van der Waals surface area (Å²) < 4.78 is 2.41. The van der Waals surface area contributed by atoms with Gasteiger partial charge in [-0.05, 0) is 173 Å². The molecule has 0 aliphatic rings. The molecule has 0 atom stereocenters. The Morgan fingerprint density at radius 3 is 1.18 bits per heavy atom. The van der Waals surface area contributed by atoms with Crippen LogP contribution in [0.15, 0.2) is 340 Å². The van der Waals surface area contributed by atoms with Gasteiger partial charge in [0.1, 0.15) is 0 Å². The standard InChI is InChI=1S/C82H56N2/c1-6-22-57(23-7-1)59-42-45-68(46-43-59)83(69-47-50-75(79(55-69)62-28-12-4-13-29-62)73-34-18-16-32-71(73)61-26-10-3-11-27-61)70-48-51-76(80(56-70)64-41-39-60-38-40-63(52-66(60)53-64)58-24-8-2-9-25-58)74-35-19-17-33-72(74)65-44-49-78-77-36-20-21-37-81(77)84(82(78)54-65)67-30-14-5-15-31-67/h1-56H. The molecule has 0 aliphatic carbocycles. The predicted octanol–water partition coefficient (Wildman–Crippen LogP) is 22.7. The molecular formula is C82H56N2. The Kier molecular flexibility index (Phi) is 12.9. The second-order valence-electron chi connectivity index (χ2n) is 21.6. The van der Waals surface area contributed by atoms with Crippen molar-refractivity contribution in [2.75, 3.05) is 4.90 Å². The minimum atomic E-state index is 1.04. The number of benzene rings is 14. The average Bonchev–Trinajstić information content (AvgIpc) is 1.91. The zero-order valence-corrected chi connectivity index (χ0v) is 46.2. The topological polar surface area (TPSA) is 8.17 Å². The number of para-hydroxylation sites is 2. The molecule has 0 radical (unpaired) electrons. The third kappa shape index (κ3) is 9.32. The molecule has 0 spiro atoms. The molecule has 14 aromatic carbocycles. The van der Waals surface area contributed by atoms with Gasteiger partial charge >= 0.3 is 0 Å². The maximum atomic E-state index is 2.44. The van der Waals surface area contributed by atoms with Crippen LogP contribution in [0.5, 0.6) is 0 Å². The third-order valence-electron chi connectivity index (χ3n) is 16.6. The summed E-state index contributed by atoms with van der Waals surface area (Å²) in [6.07, 6.45) is 0. The SMILES string of the molecule is c1ccc(-c2ccc(N(c3ccc(-c4ccccc4-c4ccccc4)c(-c4ccccc4)c3)c3ccc(-c4ccccc4-c4ccc5c6ccccc6n(-c6ccccc6)c5c4)c(-c4ccc5ccc(-c6ccccc6)cc5c4)c3)cc2)cc1. The normalized spacial score (nSPS) is 11.3. The van der Waals surface area contributed by atoms with Gasteiger partial charge in [-0.3, -0.25) is 0 Å². The van der Waals surface area contributed by atoms with Crippen molar-refractivity contribution < 1.29 is 0 Å². The van der Waals surface area contributed by atoms with Crippen LogP contribution in [0.3, 0.4) is 0 Å². The highest BCUT2D eigenvalue weighted by atomic mass is 15.1. The molecular weight excluding hydrogens is 1010 g/mol. The summed E-state index contributed by atoms with van der Waals surface area (Å²) in [5, 5.41) is 4.85. The third-order valence-corrected chi connectivity index (χ3v) is 16.6. The molecule has 394 valence electrons. The first kappa shape index (κ1) is 49.9. The Balaban J connectivity index is 0.953. The lowest BCUT2D eigenvalue weighted by atomic mass is 9.87. The summed E-state index contributed by atoms with van der Waals surface area (Å²) in [7, 11) is 0. The van der Waals surface area contributed by atoms with Gasteiger partial charge in [-0.1, -0.05) is 267 Å². The highest BCUT2D eigenvalue weighted by Crippen LogP contribution is 2.48. The van der Waals surface area contributed by atoms with Gasteiger partial charge in [0.05, 0.1) is 11.0 Å². The Morgan fingerprint density at radius 2 is 0.571 bits per heavy atom. The van der Waals surface area contributed by atoms with Crippen LogP contribution in [-0.2, 0) is 0 Å². The lowest BCUT2D eigenvalue weighted by Gasteiger charge is -2.28. The van der Waals surface area contributed by atoms with E-state index in [4.69, 9.17) is 0 Å². The van der Waals surface area contributed by atoms with Crippen molar-refractivity contribution in [3.05, 3.63) is 340 Å². The van der Waals surface area contributed by atoms with Crippen LogP contribution >= 0.6 is 0 Å². The number of rotatable bonds is 12. The highest BCUT2D eigenvalue weighted by Gasteiger charge is 2.22. The molecule has 0 saturated heterocycles. The first-order chi connectivity index (χ1) is 41.7. The van der Waals surface area contributed by atoms with Crippen molar-refractivity contribution in [3.8, 4) is 94.7 Å². The van der Waals surface area contributed by atoms with E-state index in [-0.39, 0.29) is 0 Å². The lowest BCUT2D eigenvalue weighted by Crippen LogP contribution is -2.11. The molecule has 2 nitrogen and oxygen atoms in total. The molecule has 0 unspecified atom stereocenters. The van der Waals surface area contributed by atoms with E-state index in [1.54, 1.807) is 0 Å². The second-order valence-corrected chi connectivity index (χ2v) is 21.6. The predicted molar refractivity (Wildman–Crippen MR) is 356 cm³/mol. The Hall–Kier alpha value is -11.1. The molecule has 2 heteroatoms. The Labute approximate surface area is 490 Å². The molecule has 15 aromatic rings. The van der Waals surface area contributed by atoms with Crippen LogP contribution in [0.25, 0.3) is 127 Å². The Bertz CT molecular complexity index is 4850. The maximum Gasteiger partial charge on any atom is 0.0547 e. The van der Waals surface area contributed by atoms with Crippen LogP contribution in [0.1, 0.15) is 0 Å². The molecule has 0 saturated carbocycles. The van der Waals surface area contributed by atoms with Gasteiger partial charge in [-0.2, -0.15) is 0 Å². The summed E-state index contributed by atoms with van der Waals surface area (Å²) >= 11 is 0. The summed E-state index contributed by atoms with van der Waals surface area (Å²) in [6.45, 7) is 0. The van der Waals surface area contributed by atoms with Gasteiger partial charge in [-0.25, -0.2) is 0 Å². The number of fused-ring (bicyclic) bond motifs is 4. The zero-order valence-electron chi connectivity index (χ0n) is 46.2. The number of hydrogen-bond donors (Lipinski definition) is 0. The fourth-order valence-corrected chi connectivity index (χ4v) is 12.6. The van der Waals surface area contributed by atoms with Crippen molar-refractivity contribution >= 4 is 49.6 Å². The fourth-order valence-electron chi connectivity index (χ4n) is 12.6. The lowest BCUT2D eigenvalue weighted by molar-refractivity contribution is 1.18. The van der Waals surface area contributed by atoms with Gasteiger partial charge in [0.2, 0.25) is 0 Å². The van der Waals surface area contributed by atoms with E-state index in [9.17, 15) is 0 Å². The smallest absolute Gasteiger partial charge is 0.0547 e. The number of anilines is 3. The van der Waals surface area contributed by atoms with Gasteiger partial charge in [0.25, 0.3) is 0 Å². The summed E-state index contributed by atoms with van der Waals surface area (Å²) in [5.74, 6) is 0. The van der Waals surface area contributed by atoms with Crippen LogP contribution < -0.4 is 4.90 Å². The molecule has 84 heavy (non-hydrogen) atoms. The molecule has 1 aromatic heterocycles. The number of aromatic nitrogens is 1. The van der Waals surface area contributed by atoms with E-state index < -0.39 is 0 Å². The average molecular weight is 1070 g/mol. The van der Waals surface area contributed by atoms with Crippen molar-refractivity contribution in [1.29, 1.82) is 0 Å². The number of nitrogens with zero attached hydrogens (tertiary/aromatic N) is 2. The van der Waals surface area contributed by atoms with Gasteiger partial charge in [0.15, 0.2) is 0 Å². The van der Waals surface area contributed by atoms with E-state index >= 15 is 0 Å². The van der Waals surface area contributed by atoms with Crippen molar-refractivity contribution in [1.82, 2.24) is 4.57 Å². The molecule has 0 fully saturated rings. The van der Waals surface area contributed by atoms with Crippen LogP contribution in [0.4, 0.5) is 17.1 Å². The largest absolute Gasteiger partial charge is 0.310 e. The van der Waals surface area contributed by atoms with E-state index in [1.165, 1.54) is 71.5 Å². The summed E-state index contributed by atoms with van der Waals surface area (Å²) in [5.41, 5.74) is 25.3. The van der Waals surface area contributed by atoms with E-state index in [0.717, 1.165) is 72.8 Å². The van der Waals surface area contributed by atoms with Crippen molar-refractivity contribution in [2.24, 2.45) is 0 Å². The fraction of sp³-hybridized carbons (Fsp3) is 0. The molecule has 0 N–H and O–H groups in total. The zero-order chi connectivity index (χ0) is 55.8. The van der Waals surface area contributed by atoms with E-state index in [1.807, 2.05) is 0 Å². The van der Waals surface area contributed by atoms with Crippen molar-refractivity contribution in [2.45, 2.75) is 0 Å². The second kappa shape index (κ2) is 21.8.